The zero-order valence-corrected chi connectivity index (χ0v) is 22.5. The fourth-order valence-electron chi connectivity index (χ4n) is 3.22. The molecule has 10 nitrogen and oxygen atoms in total. The van der Waals surface area contributed by atoms with Gasteiger partial charge < -0.3 is 4.18 Å². The van der Waals surface area contributed by atoms with Gasteiger partial charge in [0.2, 0.25) is 0 Å². The van der Waals surface area contributed by atoms with Crippen LogP contribution < -0.4 is 9.61 Å². The molecule has 1 heterocycles. The number of carbonyl (C=O) groups is 2. The summed E-state index contributed by atoms with van der Waals surface area (Å²) in [5, 5.41) is 12.6. The summed E-state index contributed by atoms with van der Waals surface area (Å²) in [6.07, 6.45) is 1.52. The molecular weight excluding hydrogens is 574 g/mol. The predicted octanol–water partition coefficient (Wildman–Crippen LogP) is 4.87. The number of nitro benzene ring substituents is 1. The average molecular weight is 590 g/mol. The third-order valence-electron chi connectivity index (χ3n) is 5.16. The number of amides is 2. The number of benzene rings is 3. The highest BCUT2D eigenvalue weighted by molar-refractivity contribution is 8.26. The molecule has 4 rings (SSSR count). The minimum absolute atomic E-state index is 0.0341. The van der Waals surface area contributed by atoms with E-state index in [9.17, 15) is 28.1 Å². The first-order chi connectivity index (χ1) is 17.9. The van der Waals surface area contributed by atoms with Crippen molar-refractivity contribution in [3.05, 3.63) is 103 Å². The van der Waals surface area contributed by atoms with E-state index in [0.29, 0.717) is 21.7 Å². The van der Waals surface area contributed by atoms with E-state index in [1.807, 2.05) is 0 Å². The molecule has 3 aromatic rings. The molecule has 0 saturated carbocycles. The Morgan fingerprint density at radius 3 is 2.42 bits per heavy atom. The van der Waals surface area contributed by atoms with Gasteiger partial charge in [-0.2, -0.15) is 13.4 Å². The van der Waals surface area contributed by atoms with Crippen LogP contribution in [0.15, 0.2) is 76.5 Å². The van der Waals surface area contributed by atoms with Gasteiger partial charge in [0, 0.05) is 22.2 Å². The first-order valence-electron chi connectivity index (χ1n) is 10.6. The number of nitrogens with one attached hydrogen (secondary N) is 1. The van der Waals surface area contributed by atoms with Crippen LogP contribution in [0, 0.1) is 17.0 Å². The van der Waals surface area contributed by atoms with Crippen LogP contribution in [0.2, 0.25) is 5.02 Å². The lowest BCUT2D eigenvalue weighted by Gasteiger charge is -2.15. The average Bonchev–Trinajstić information content (AvgIpc) is 3.12. The first-order valence-corrected chi connectivity index (χ1v) is 13.6. The van der Waals surface area contributed by atoms with Gasteiger partial charge in [0.15, 0.2) is 4.32 Å². The lowest BCUT2D eigenvalue weighted by atomic mass is 10.2. The van der Waals surface area contributed by atoms with Gasteiger partial charge in [-0.3, -0.25) is 25.1 Å². The van der Waals surface area contributed by atoms with Gasteiger partial charge in [0.05, 0.1) is 9.83 Å². The zero-order chi connectivity index (χ0) is 27.6. The van der Waals surface area contributed by atoms with Crippen molar-refractivity contribution in [1.82, 2.24) is 10.4 Å². The third kappa shape index (κ3) is 6.02. The number of hydrogen-bond donors (Lipinski definition) is 1. The van der Waals surface area contributed by atoms with E-state index in [1.165, 1.54) is 61.5 Å². The van der Waals surface area contributed by atoms with Crippen LogP contribution in [-0.4, -0.2) is 34.5 Å². The maximum absolute atomic E-state index is 12.8. The van der Waals surface area contributed by atoms with E-state index < -0.39 is 26.9 Å². The van der Waals surface area contributed by atoms with E-state index in [1.54, 1.807) is 12.1 Å². The number of halogens is 1. The Kier molecular flexibility index (Phi) is 7.83. The maximum Gasteiger partial charge on any atom is 0.339 e. The van der Waals surface area contributed by atoms with Crippen molar-refractivity contribution in [3.63, 3.8) is 0 Å². The van der Waals surface area contributed by atoms with Crippen molar-refractivity contribution in [2.75, 3.05) is 0 Å². The van der Waals surface area contributed by atoms with Crippen LogP contribution in [0.5, 0.6) is 5.75 Å². The summed E-state index contributed by atoms with van der Waals surface area (Å²) in [5.41, 5.74) is 3.26. The van der Waals surface area contributed by atoms with Crippen LogP contribution in [-0.2, 0) is 14.9 Å². The Balaban J connectivity index is 1.46. The molecule has 0 aliphatic carbocycles. The lowest BCUT2D eigenvalue weighted by Crippen LogP contribution is -2.44. The highest BCUT2D eigenvalue weighted by Crippen LogP contribution is 2.32. The Bertz CT molecular complexity index is 1610. The van der Waals surface area contributed by atoms with Crippen molar-refractivity contribution in [2.45, 2.75) is 11.8 Å². The van der Waals surface area contributed by atoms with Crippen molar-refractivity contribution in [3.8, 4) is 5.75 Å². The van der Waals surface area contributed by atoms with Crippen LogP contribution >= 0.6 is 35.6 Å². The number of hydrogen-bond acceptors (Lipinski definition) is 9. The lowest BCUT2D eigenvalue weighted by molar-refractivity contribution is -0.385. The molecular formula is C24H16ClN3O7S3. The van der Waals surface area contributed by atoms with E-state index in [0.717, 1.165) is 22.8 Å². The molecule has 0 spiro atoms. The normalized spacial score (nSPS) is 14.6. The minimum atomic E-state index is -4.33. The number of carbonyl (C=O) groups excluding carboxylic acids is 2. The van der Waals surface area contributed by atoms with Gasteiger partial charge in [-0.25, -0.2) is 0 Å². The van der Waals surface area contributed by atoms with Crippen molar-refractivity contribution in [1.29, 1.82) is 0 Å². The second-order valence-corrected chi connectivity index (χ2v) is 11.4. The number of rotatable bonds is 7. The number of nitro groups is 1. The largest absolute Gasteiger partial charge is 0.379 e. The van der Waals surface area contributed by atoms with Gasteiger partial charge >= 0.3 is 10.1 Å². The smallest absolute Gasteiger partial charge is 0.339 e. The Morgan fingerprint density at radius 1 is 1.13 bits per heavy atom. The quantitative estimate of drug-likeness (QED) is 0.134. The SMILES string of the molecule is Cc1ccc(S(=O)(=O)Oc2ccc(/C=C3\SC(=S)N(NC(=O)c4ccc(Cl)cc4)C3=O)cc2)cc1[N+](=O)[O-]. The minimum Gasteiger partial charge on any atom is -0.379 e. The molecule has 2 amide bonds. The topological polar surface area (TPSA) is 136 Å². The Hall–Kier alpha value is -3.78. The van der Waals surface area contributed by atoms with Gasteiger partial charge in [0.1, 0.15) is 10.6 Å². The summed E-state index contributed by atoms with van der Waals surface area (Å²) in [6, 6.07) is 15.4. The molecule has 0 bridgehead atoms. The number of thioether (sulfide) groups is 1. The predicted molar refractivity (Wildman–Crippen MR) is 146 cm³/mol. The maximum atomic E-state index is 12.8. The van der Waals surface area contributed by atoms with Gasteiger partial charge in [-0.15, -0.1) is 0 Å². The fourth-order valence-corrected chi connectivity index (χ4v) is 5.48. The van der Waals surface area contributed by atoms with Gasteiger partial charge in [-0.1, -0.05) is 41.6 Å². The standard InChI is InChI=1S/C24H16ClN3O7S3/c1-14-2-11-19(13-20(14)28(31)32)38(33,34)35-18-9-3-15(4-10-18)12-21-23(30)27(24(36)37-21)26-22(29)16-5-7-17(25)8-6-16/h2-13H,1H3,(H,26,29)/b21-12-. The van der Waals surface area contributed by atoms with Gasteiger partial charge in [-0.05, 0) is 73.2 Å². The molecule has 1 aliphatic rings. The molecule has 194 valence electrons. The first kappa shape index (κ1) is 27.3. The van der Waals surface area contributed by atoms with E-state index in [2.05, 4.69) is 5.43 Å². The summed E-state index contributed by atoms with van der Waals surface area (Å²) in [6.45, 7) is 1.50. The van der Waals surface area contributed by atoms with Crippen LogP contribution in [0.25, 0.3) is 6.08 Å². The highest BCUT2D eigenvalue weighted by atomic mass is 35.5. The van der Waals surface area contributed by atoms with E-state index in [-0.39, 0.29) is 25.6 Å². The molecule has 0 unspecified atom stereocenters. The monoisotopic (exact) mass is 589 g/mol. The van der Waals surface area contributed by atoms with Crippen molar-refractivity contribution in [2.24, 2.45) is 0 Å². The summed E-state index contributed by atoms with van der Waals surface area (Å²) in [5.74, 6) is -1.11. The van der Waals surface area contributed by atoms with Gasteiger partial charge in [0.25, 0.3) is 17.5 Å². The molecule has 0 atom stereocenters. The van der Waals surface area contributed by atoms with E-state index >= 15 is 0 Å². The number of hydrazine groups is 1. The molecule has 0 aromatic heterocycles. The molecule has 3 aromatic carbocycles. The van der Waals surface area contributed by atoms with Crippen molar-refractivity contribution >= 4 is 73.6 Å². The second-order valence-electron chi connectivity index (χ2n) is 7.78. The summed E-state index contributed by atoms with van der Waals surface area (Å²) in [7, 11) is -4.33. The van der Waals surface area contributed by atoms with Crippen LogP contribution in [0.3, 0.4) is 0 Å². The fraction of sp³-hybridized carbons (Fsp3) is 0.0417. The third-order valence-corrected chi connectivity index (χ3v) is 7.96. The molecule has 1 saturated heterocycles. The Labute approximate surface area is 231 Å². The molecule has 1 fully saturated rings. The summed E-state index contributed by atoms with van der Waals surface area (Å²) < 4.78 is 30.5. The number of thiocarbonyl (C=S) groups is 1. The molecule has 14 heteroatoms. The molecule has 1 aliphatic heterocycles. The summed E-state index contributed by atoms with van der Waals surface area (Å²) in [4.78, 5) is 35.6. The summed E-state index contributed by atoms with van der Waals surface area (Å²) >= 11 is 12.0. The van der Waals surface area contributed by atoms with Crippen LogP contribution in [0.1, 0.15) is 21.5 Å². The number of aryl methyl sites for hydroxylation is 1. The zero-order valence-electron chi connectivity index (χ0n) is 19.3. The van der Waals surface area contributed by atoms with Crippen LogP contribution in [0.4, 0.5) is 5.69 Å². The molecule has 38 heavy (non-hydrogen) atoms. The van der Waals surface area contributed by atoms with Crippen molar-refractivity contribution < 1.29 is 27.1 Å². The molecule has 1 N–H and O–H groups in total. The Morgan fingerprint density at radius 2 is 1.79 bits per heavy atom. The van der Waals surface area contributed by atoms with E-state index in [4.69, 9.17) is 28.0 Å². The number of nitrogens with zero attached hydrogens (tertiary/aromatic N) is 2. The second kappa shape index (κ2) is 10.9. The molecule has 0 radical (unpaired) electrons. The highest BCUT2D eigenvalue weighted by Gasteiger charge is 2.33.